The van der Waals surface area contributed by atoms with E-state index in [1.54, 1.807) is 19.2 Å². The zero-order chi connectivity index (χ0) is 21.6. The summed E-state index contributed by atoms with van der Waals surface area (Å²) in [5, 5.41) is 9.90. The molecule has 0 fully saturated rings. The van der Waals surface area contributed by atoms with Crippen molar-refractivity contribution in [3.8, 4) is 11.8 Å². The molecule has 0 atom stereocenters. The van der Waals surface area contributed by atoms with Gasteiger partial charge in [0.05, 0.1) is 5.02 Å². The molecule has 0 aliphatic heterocycles. The zero-order valence-corrected chi connectivity index (χ0v) is 17.7. The first kappa shape index (κ1) is 22.2. The maximum absolute atomic E-state index is 11.6. The largest absolute Gasteiger partial charge is 0.402 e. The van der Waals surface area contributed by atoms with Gasteiger partial charge < -0.3 is 22.5 Å². The molecule has 29 heavy (non-hydrogen) atoms. The third-order valence-corrected chi connectivity index (χ3v) is 4.61. The Morgan fingerprint density at radius 2 is 1.97 bits per heavy atom. The Bertz CT molecular complexity index is 997. The minimum atomic E-state index is -0.628. The van der Waals surface area contributed by atoms with Crippen molar-refractivity contribution in [2.45, 2.75) is 39.5 Å². The lowest BCUT2D eigenvalue weighted by Gasteiger charge is -2.10. The molecule has 0 saturated heterocycles. The van der Waals surface area contributed by atoms with Crippen molar-refractivity contribution < 1.29 is 4.79 Å². The summed E-state index contributed by atoms with van der Waals surface area (Å²) in [5.74, 6) is 5.47. The van der Waals surface area contributed by atoms with Crippen molar-refractivity contribution in [1.29, 1.82) is 0 Å². The number of benzene rings is 1. The number of amides is 1. The number of nitrogens with one attached hydrogen (secondary N) is 2. The number of nitrogen functional groups attached to an aromatic ring is 1. The minimum Gasteiger partial charge on any atom is -0.402 e. The highest BCUT2D eigenvalue weighted by atomic mass is 35.5. The molecule has 1 amide bonds. The Labute approximate surface area is 176 Å². The third kappa shape index (κ3) is 5.04. The zero-order valence-electron chi connectivity index (χ0n) is 16.9. The van der Waals surface area contributed by atoms with Crippen LogP contribution in [0.25, 0.3) is 5.57 Å². The van der Waals surface area contributed by atoms with Crippen LogP contribution in [-0.2, 0) is 0 Å². The molecule has 0 bridgehead atoms. The second kappa shape index (κ2) is 9.89. The summed E-state index contributed by atoms with van der Waals surface area (Å²) < 4.78 is 0. The fraction of sp³-hybridized carbons (Fsp3) is 0.333. The maximum Gasteiger partial charge on any atom is 0.255 e. The number of aromatic nitrogens is 2. The number of carbonyl (C=O) groups is 1. The highest BCUT2D eigenvalue weighted by molar-refractivity contribution is 6.32. The number of allylic oxidation sites excluding steroid dienone is 2. The van der Waals surface area contributed by atoms with Crippen LogP contribution in [0, 0.1) is 11.8 Å². The Morgan fingerprint density at radius 3 is 2.52 bits per heavy atom. The number of halogens is 1. The molecular formula is C21H27ClN6O. The molecule has 154 valence electrons. The molecule has 1 aromatic carbocycles. The van der Waals surface area contributed by atoms with Gasteiger partial charge in [-0.15, -0.1) is 0 Å². The average Bonchev–Trinajstić information content (AvgIpc) is 3.28. The third-order valence-electron chi connectivity index (χ3n) is 4.30. The summed E-state index contributed by atoms with van der Waals surface area (Å²) >= 11 is 6.38. The van der Waals surface area contributed by atoms with Gasteiger partial charge in [0, 0.05) is 29.6 Å². The van der Waals surface area contributed by atoms with Crippen LogP contribution in [0.1, 0.15) is 66.7 Å². The van der Waals surface area contributed by atoms with Gasteiger partial charge in [-0.1, -0.05) is 37.8 Å². The normalized spacial score (nSPS) is 12.7. The number of anilines is 2. The van der Waals surface area contributed by atoms with Gasteiger partial charge in [-0.2, -0.15) is 5.10 Å². The van der Waals surface area contributed by atoms with Crippen LogP contribution < -0.4 is 22.5 Å². The minimum absolute atomic E-state index is 0.199. The van der Waals surface area contributed by atoms with Crippen molar-refractivity contribution in [2.75, 3.05) is 18.1 Å². The van der Waals surface area contributed by atoms with E-state index in [4.69, 9.17) is 28.8 Å². The molecule has 3 rings (SSSR count). The van der Waals surface area contributed by atoms with E-state index >= 15 is 0 Å². The smallest absolute Gasteiger partial charge is 0.255 e. The summed E-state index contributed by atoms with van der Waals surface area (Å²) in [6.07, 6.45) is 4.03. The highest BCUT2D eigenvalue weighted by Gasteiger charge is 2.18. The highest BCUT2D eigenvalue weighted by Crippen LogP contribution is 2.36. The monoisotopic (exact) mass is 414 g/mol. The number of primary amides is 1. The lowest BCUT2D eigenvalue weighted by Crippen LogP contribution is -2.13. The fourth-order valence-electron chi connectivity index (χ4n) is 3.00. The molecule has 0 radical (unpaired) electrons. The topological polar surface area (TPSA) is 136 Å². The standard InChI is InChI=1S/C18H19ClN6O.C3H8/c1-23-18-16(17(22)26)15(24-25-18)6-5-9-7-14(21)11(8-12(9)19)10-3-2-4-13(10)20;1-3-2/h7-8H,2-4,20-21H2,1H3,(H2,22,26)(H2,23,24,25);3H2,1-2H3. The van der Waals surface area contributed by atoms with E-state index in [2.05, 4.69) is 41.2 Å². The van der Waals surface area contributed by atoms with E-state index < -0.39 is 5.91 Å². The quantitative estimate of drug-likeness (QED) is 0.387. The molecule has 8 N–H and O–H groups in total. The molecule has 0 spiro atoms. The number of rotatable bonds is 3. The molecule has 0 saturated carbocycles. The number of hydrogen-bond donors (Lipinski definition) is 5. The first-order chi connectivity index (χ1) is 13.8. The molecule has 1 aliphatic rings. The molecule has 2 aromatic rings. The van der Waals surface area contributed by atoms with Crippen molar-refractivity contribution in [3.05, 3.63) is 45.2 Å². The SMILES string of the molecule is CCC.CNc1n[nH]c(C#Cc2cc(N)c(C3=C(N)CCC3)cc2Cl)c1C(N)=O. The Morgan fingerprint density at radius 1 is 1.28 bits per heavy atom. The van der Waals surface area contributed by atoms with Crippen LogP contribution in [0.4, 0.5) is 11.5 Å². The summed E-state index contributed by atoms with van der Waals surface area (Å²) in [6.45, 7) is 4.25. The van der Waals surface area contributed by atoms with Gasteiger partial charge in [-0.25, -0.2) is 0 Å². The Balaban J connectivity index is 0.000000941. The first-order valence-electron chi connectivity index (χ1n) is 9.48. The Hall–Kier alpha value is -3.11. The van der Waals surface area contributed by atoms with Gasteiger partial charge in [0.1, 0.15) is 11.3 Å². The van der Waals surface area contributed by atoms with Crippen LogP contribution in [0.2, 0.25) is 5.02 Å². The number of carbonyl (C=O) groups excluding carboxylic acids is 1. The lowest BCUT2D eigenvalue weighted by molar-refractivity contribution is 0.100. The molecule has 7 nitrogen and oxygen atoms in total. The number of aromatic amines is 1. The Kier molecular flexibility index (Phi) is 7.57. The predicted molar refractivity (Wildman–Crippen MR) is 119 cm³/mol. The van der Waals surface area contributed by atoms with Crippen LogP contribution >= 0.6 is 11.6 Å². The lowest BCUT2D eigenvalue weighted by atomic mass is 10.0. The molecule has 1 aromatic heterocycles. The number of H-pyrrole nitrogens is 1. The molecule has 0 unspecified atom stereocenters. The summed E-state index contributed by atoms with van der Waals surface area (Å²) in [5.41, 5.74) is 22.0. The van der Waals surface area contributed by atoms with Gasteiger partial charge in [-0.3, -0.25) is 9.89 Å². The predicted octanol–water partition coefficient (Wildman–Crippen LogP) is 3.46. The van der Waals surface area contributed by atoms with Crippen molar-refractivity contribution in [3.63, 3.8) is 0 Å². The van der Waals surface area contributed by atoms with Crippen molar-refractivity contribution in [2.24, 2.45) is 11.5 Å². The molecule has 1 heterocycles. The van der Waals surface area contributed by atoms with Gasteiger partial charge in [-0.05, 0) is 42.9 Å². The van der Waals surface area contributed by atoms with Crippen LogP contribution in [0.15, 0.2) is 17.8 Å². The van der Waals surface area contributed by atoms with Crippen LogP contribution in [0.3, 0.4) is 0 Å². The number of hydrogen-bond acceptors (Lipinski definition) is 5. The fourth-order valence-corrected chi connectivity index (χ4v) is 3.22. The van der Waals surface area contributed by atoms with Crippen LogP contribution in [-0.4, -0.2) is 23.2 Å². The van der Waals surface area contributed by atoms with E-state index in [1.165, 1.54) is 6.42 Å². The van der Waals surface area contributed by atoms with E-state index in [0.717, 1.165) is 36.1 Å². The van der Waals surface area contributed by atoms with Gasteiger partial charge in [0.2, 0.25) is 0 Å². The summed E-state index contributed by atoms with van der Waals surface area (Å²) in [4.78, 5) is 11.6. The van der Waals surface area contributed by atoms with Crippen molar-refractivity contribution in [1.82, 2.24) is 10.2 Å². The van der Waals surface area contributed by atoms with E-state index in [-0.39, 0.29) is 5.56 Å². The molecule has 1 aliphatic carbocycles. The number of nitrogens with zero attached hydrogens (tertiary/aromatic N) is 1. The summed E-state index contributed by atoms with van der Waals surface area (Å²) in [7, 11) is 1.64. The maximum atomic E-state index is 11.6. The van der Waals surface area contributed by atoms with Gasteiger partial charge >= 0.3 is 0 Å². The van der Waals surface area contributed by atoms with E-state index in [1.807, 2.05) is 0 Å². The second-order valence-corrected chi connectivity index (χ2v) is 7.08. The summed E-state index contributed by atoms with van der Waals surface area (Å²) in [6, 6.07) is 3.50. The van der Waals surface area contributed by atoms with E-state index in [9.17, 15) is 4.79 Å². The van der Waals surface area contributed by atoms with Crippen molar-refractivity contribution >= 4 is 34.6 Å². The van der Waals surface area contributed by atoms with E-state index in [0.29, 0.717) is 27.8 Å². The van der Waals surface area contributed by atoms with Crippen LogP contribution in [0.5, 0.6) is 0 Å². The average molecular weight is 415 g/mol. The first-order valence-corrected chi connectivity index (χ1v) is 9.86. The molecular weight excluding hydrogens is 388 g/mol. The second-order valence-electron chi connectivity index (χ2n) is 6.67. The number of nitrogens with two attached hydrogens (primary N) is 3. The molecule has 8 heteroatoms. The van der Waals surface area contributed by atoms with Gasteiger partial charge in [0.15, 0.2) is 5.82 Å². The van der Waals surface area contributed by atoms with Gasteiger partial charge in [0.25, 0.3) is 5.91 Å².